The molecule has 46 heavy (non-hydrogen) atoms. The smallest absolute Gasteiger partial charge is 0.239 e. The molecule has 0 aliphatic carbocycles. The number of methoxy groups -OCH3 is 1. The van der Waals surface area contributed by atoms with Crippen LogP contribution in [0, 0.1) is 0 Å². The van der Waals surface area contributed by atoms with E-state index < -0.39 is 7.14 Å². The molecule has 1 fully saturated rings. The number of piperidine rings is 1. The van der Waals surface area contributed by atoms with E-state index in [1.165, 1.54) is 0 Å². The Kier molecular flexibility index (Phi) is 9.01. The van der Waals surface area contributed by atoms with Crippen LogP contribution in [-0.2, 0) is 4.57 Å². The molecule has 0 unspecified atom stereocenters. The highest BCUT2D eigenvalue weighted by Gasteiger charge is 2.28. The lowest BCUT2D eigenvalue weighted by molar-refractivity contribution is 0.249. The molecule has 0 amide bonds. The van der Waals surface area contributed by atoms with Crippen LogP contribution in [0.15, 0.2) is 47.5 Å². The van der Waals surface area contributed by atoms with Crippen molar-refractivity contribution in [3.8, 4) is 5.88 Å². The first-order valence-corrected chi connectivity index (χ1v) is 18.2. The van der Waals surface area contributed by atoms with Crippen LogP contribution in [0.4, 0.5) is 29.0 Å². The Labute approximate surface area is 276 Å². The van der Waals surface area contributed by atoms with Gasteiger partial charge >= 0.3 is 0 Å². The van der Waals surface area contributed by atoms with E-state index in [0.717, 1.165) is 43.0 Å². The molecule has 4 aromatic rings. The zero-order chi connectivity index (χ0) is 32.6. The summed E-state index contributed by atoms with van der Waals surface area (Å²) >= 11 is 3.57. The van der Waals surface area contributed by atoms with Crippen LogP contribution in [0.1, 0.15) is 18.4 Å². The summed E-state index contributed by atoms with van der Waals surface area (Å²) in [7, 11) is 5.03. The molecule has 2 aliphatic rings. The quantitative estimate of drug-likeness (QED) is 0.185. The minimum atomic E-state index is -2.77. The Hall–Kier alpha value is -4.04. The van der Waals surface area contributed by atoms with Gasteiger partial charge in [-0.3, -0.25) is 15.0 Å². The van der Waals surface area contributed by atoms with E-state index >= 15 is 0 Å². The molecule has 1 aromatic carbocycles. The molecule has 6 rings (SSSR count). The molecule has 0 saturated carbocycles. The Balaban J connectivity index is 1.35. The maximum absolute atomic E-state index is 13.4. The normalized spacial score (nSPS) is 15.7. The van der Waals surface area contributed by atoms with Gasteiger partial charge in [0.1, 0.15) is 30.0 Å². The van der Waals surface area contributed by atoms with Crippen molar-refractivity contribution < 1.29 is 9.30 Å². The number of nitrogens with one attached hydrogen (secondary N) is 4. The van der Waals surface area contributed by atoms with E-state index in [4.69, 9.17) is 14.7 Å². The van der Waals surface area contributed by atoms with Gasteiger partial charge in [0, 0.05) is 56.5 Å². The number of fused-ring (bicyclic) bond motifs is 1. The number of nitrogens with zero attached hydrogens (tertiary/aromatic N) is 8. The Bertz CT molecular complexity index is 1840. The van der Waals surface area contributed by atoms with E-state index in [2.05, 4.69) is 76.4 Å². The minimum Gasteiger partial charge on any atom is -0.479 e. The van der Waals surface area contributed by atoms with E-state index in [1.54, 1.807) is 39.0 Å². The second kappa shape index (κ2) is 13.0. The van der Waals surface area contributed by atoms with Gasteiger partial charge in [0.2, 0.25) is 11.8 Å². The van der Waals surface area contributed by atoms with Crippen molar-refractivity contribution in [2.45, 2.75) is 18.9 Å². The number of rotatable bonds is 9. The molecule has 3 aromatic heterocycles. The first kappa shape index (κ1) is 31.9. The summed E-state index contributed by atoms with van der Waals surface area (Å²) in [4.78, 5) is 27.8. The van der Waals surface area contributed by atoms with Crippen molar-refractivity contribution in [1.82, 2.24) is 45.8 Å². The monoisotopic (exact) mass is 708 g/mol. The summed E-state index contributed by atoms with van der Waals surface area (Å²) in [5.74, 6) is 2.06. The second-order valence-electron chi connectivity index (χ2n) is 11.9. The summed E-state index contributed by atoms with van der Waals surface area (Å²) in [5.41, 5.74) is 10.6. The Morgan fingerprint density at radius 1 is 1.07 bits per heavy atom. The third kappa shape index (κ3) is 6.59. The zero-order valence-electron chi connectivity index (χ0n) is 26.7. The molecule has 0 spiro atoms. The molecule has 2 aliphatic heterocycles. The van der Waals surface area contributed by atoms with Crippen LogP contribution in [0.2, 0.25) is 0 Å². The lowest BCUT2D eigenvalue weighted by Crippen LogP contribution is -2.42. The van der Waals surface area contributed by atoms with E-state index in [1.807, 2.05) is 36.5 Å². The molecule has 0 bridgehead atoms. The molecule has 242 valence electrons. The number of pyridine rings is 1. The number of hydrogen-bond acceptors (Lipinski definition) is 14. The van der Waals surface area contributed by atoms with Crippen LogP contribution in [0.3, 0.4) is 0 Å². The van der Waals surface area contributed by atoms with Gasteiger partial charge in [-0.05, 0) is 74.4 Å². The van der Waals surface area contributed by atoms with Gasteiger partial charge < -0.3 is 35.2 Å². The average Bonchev–Trinajstić information content (AvgIpc) is 3.47. The van der Waals surface area contributed by atoms with Gasteiger partial charge in [0.15, 0.2) is 0 Å². The van der Waals surface area contributed by atoms with Crippen LogP contribution in [-0.4, -0.2) is 95.5 Å². The van der Waals surface area contributed by atoms with Gasteiger partial charge in [-0.1, -0.05) is 0 Å². The number of hydrazine groups is 2. The van der Waals surface area contributed by atoms with Gasteiger partial charge in [-0.2, -0.15) is 9.97 Å². The molecule has 4 N–H and O–H groups in total. The second-order valence-corrected chi connectivity index (χ2v) is 15.9. The molecular weight excluding hydrogens is 671 g/mol. The first-order valence-electron chi connectivity index (χ1n) is 14.8. The highest BCUT2D eigenvalue weighted by molar-refractivity contribution is 9.10. The van der Waals surface area contributed by atoms with Crippen molar-refractivity contribution in [1.29, 1.82) is 0 Å². The van der Waals surface area contributed by atoms with Gasteiger partial charge in [0.05, 0.1) is 33.8 Å². The van der Waals surface area contributed by atoms with Gasteiger partial charge in [0.25, 0.3) is 0 Å². The minimum absolute atomic E-state index is 0.318. The molecule has 0 atom stereocenters. The molecule has 16 heteroatoms. The summed E-state index contributed by atoms with van der Waals surface area (Å²) in [6, 6.07) is 6.23. The Morgan fingerprint density at radius 2 is 1.83 bits per heavy atom. The summed E-state index contributed by atoms with van der Waals surface area (Å²) in [6.07, 6.45) is 8.94. The third-order valence-electron chi connectivity index (χ3n) is 8.03. The third-order valence-corrected chi connectivity index (χ3v) is 10.1. The lowest BCUT2D eigenvalue weighted by Gasteiger charge is -2.36. The largest absolute Gasteiger partial charge is 0.479 e. The van der Waals surface area contributed by atoms with Gasteiger partial charge in [-0.15, -0.1) is 5.53 Å². The zero-order valence-corrected chi connectivity index (χ0v) is 29.1. The number of ether oxygens (including phenoxy) is 1. The van der Waals surface area contributed by atoms with Crippen molar-refractivity contribution in [3.63, 3.8) is 0 Å². The number of hydrogen-bond donors (Lipinski definition) is 4. The van der Waals surface area contributed by atoms with Crippen LogP contribution in [0.5, 0.6) is 5.88 Å². The predicted octanol–water partition coefficient (Wildman–Crippen LogP) is 4.10. The first-order chi connectivity index (χ1) is 22.0. The fourth-order valence-corrected chi connectivity index (χ4v) is 7.42. The maximum Gasteiger partial charge on any atom is 0.239 e. The summed E-state index contributed by atoms with van der Waals surface area (Å²) in [5, 5.41) is 9.12. The number of anilines is 5. The molecule has 0 radical (unpaired) electrons. The van der Waals surface area contributed by atoms with Crippen LogP contribution < -0.4 is 36.5 Å². The van der Waals surface area contributed by atoms with Crippen LogP contribution >= 0.6 is 23.1 Å². The molecule has 1 saturated heterocycles. The summed E-state index contributed by atoms with van der Waals surface area (Å²) < 4.78 is 19.9. The average molecular weight is 710 g/mol. The maximum atomic E-state index is 13.4. The number of halogens is 1. The van der Waals surface area contributed by atoms with Crippen molar-refractivity contribution >= 4 is 74.1 Å². The van der Waals surface area contributed by atoms with E-state index in [-0.39, 0.29) is 0 Å². The molecule has 14 nitrogen and oxygen atoms in total. The molecular formula is C30H38BrN12O2P. The fraction of sp³-hybridized carbons (Fsp3) is 0.367. The van der Waals surface area contributed by atoms with Gasteiger partial charge in [-0.25, -0.2) is 4.98 Å². The number of benzene rings is 1. The van der Waals surface area contributed by atoms with Crippen molar-refractivity contribution in [2.24, 2.45) is 0 Å². The predicted molar refractivity (Wildman–Crippen MR) is 187 cm³/mol. The Morgan fingerprint density at radius 3 is 2.50 bits per heavy atom. The fourth-order valence-electron chi connectivity index (χ4n) is 5.74. The molecule has 5 heterocycles. The lowest BCUT2D eigenvalue weighted by atomic mass is 10.0. The highest BCUT2D eigenvalue weighted by atomic mass is 79.9. The topological polar surface area (TPSA) is 149 Å². The van der Waals surface area contributed by atoms with Crippen LogP contribution in [0.25, 0.3) is 16.7 Å². The van der Waals surface area contributed by atoms with Crippen molar-refractivity contribution in [3.05, 3.63) is 53.0 Å². The standard InChI is InChI=1S/C30H38BrN12O2P/c1-41(2)18-9-13-43(14-10-18)28-19(24-17-42(3)40-39-24)15-23(29(38-28)45-4)36-30-34-16-20(31)27(37-30)35-22-8-7-21-25(33-12-11-32-21)26(22)46(5,6)44/h7-8,11-12,15-18,39-40H,9-10,13-14H2,1-6H3,(H2,34,35,36,37). The van der Waals surface area contributed by atoms with Crippen molar-refractivity contribution in [2.75, 3.05) is 70.2 Å². The summed E-state index contributed by atoms with van der Waals surface area (Å²) in [6.45, 7) is 5.20. The number of aromatic nitrogens is 5. The van der Waals surface area contributed by atoms with E-state index in [0.29, 0.717) is 55.9 Å². The van der Waals surface area contributed by atoms with E-state index in [9.17, 15) is 4.57 Å². The SMILES string of the molecule is COc1nc(N2CCC(N(C)C)CC2)c(C2=CN(C)NN2)cc1Nc1ncc(Br)c(Nc2ccc3nccnc3c2P(C)(C)=O)n1. The highest BCUT2D eigenvalue weighted by Crippen LogP contribution is 2.41.